The Kier molecular flexibility index (Phi) is 1.39. The number of carbonyl (C=O) groups excluding carboxylic acids is 2. The molecule has 0 spiro atoms. The molecule has 0 aliphatic carbocycles. The van der Waals surface area contributed by atoms with Crippen molar-refractivity contribution in [1.29, 1.82) is 0 Å². The van der Waals surface area contributed by atoms with Gasteiger partial charge in [0.15, 0.2) is 24.9 Å². The van der Waals surface area contributed by atoms with Gasteiger partial charge in [-0.15, -0.1) is 0 Å². The molecule has 12 heavy (non-hydrogen) atoms. The Morgan fingerprint density at radius 2 is 1.42 bits per heavy atom. The molecule has 0 bridgehead atoms. The van der Waals surface area contributed by atoms with Crippen molar-refractivity contribution in [2.45, 2.75) is 12.1 Å². The Morgan fingerprint density at radius 1 is 1.00 bits per heavy atom. The highest BCUT2D eigenvalue weighted by Gasteiger charge is 2.40. The predicted molar refractivity (Wildman–Crippen MR) is 36.7 cm³/mol. The number of aliphatic imine (C=N–C) groups is 2. The summed E-state index contributed by atoms with van der Waals surface area (Å²) >= 11 is 0. The van der Waals surface area contributed by atoms with Gasteiger partial charge in [0.2, 0.25) is 0 Å². The molecular formula is C6H4N2O4. The molecule has 0 aromatic carbocycles. The Labute approximate surface area is 66.9 Å². The Bertz CT molecular complexity index is 266. The minimum absolute atomic E-state index is 0.573. The number of rotatable bonds is 1. The number of nitrogens with zero attached hydrogens (tertiary/aromatic N) is 2. The molecule has 2 unspecified atom stereocenters. The minimum Gasteiger partial charge on any atom is -0.413 e. The molecule has 0 amide bonds. The highest BCUT2D eigenvalue weighted by atomic mass is 16.6. The predicted octanol–water partition coefficient (Wildman–Crippen LogP) is -1.11. The molecule has 2 aliphatic heterocycles. The fourth-order valence-corrected chi connectivity index (χ4v) is 0.978. The lowest BCUT2D eigenvalue weighted by molar-refractivity contribution is -0.141. The summed E-state index contributed by atoms with van der Waals surface area (Å²) in [4.78, 5) is 29.0. The SMILES string of the molecule is O=C1OC=NC1C1N=COC1=O. The van der Waals surface area contributed by atoms with Crippen LogP contribution in [0.25, 0.3) is 0 Å². The molecule has 0 fully saturated rings. The van der Waals surface area contributed by atoms with Crippen LogP contribution in [0.2, 0.25) is 0 Å². The summed E-state index contributed by atoms with van der Waals surface area (Å²) < 4.78 is 8.83. The van der Waals surface area contributed by atoms with Crippen LogP contribution in [0.5, 0.6) is 0 Å². The fourth-order valence-electron chi connectivity index (χ4n) is 0.978. The molecule has 2 atom stereocenters. The maximum atomic E-state index is 10.9. The van der Waals surface area contributed by atoms with Gasteiger partial charge in [-0.25, -0.2) is 19.6 Å². The lowest BCUT2D eigenvalue weighted by Gasteiger charge is -2.04. The largest absolute Gasteiger partial charge is 0.413 e. The molecule has 0 radical (unpaired) electrons. The van der Waals surface area contributed by atoms with E-state index in [2.05, 4.69) is 19.5 Å². The lowest BCUT2D eigenvalue weighted by atomic mass is 10.1. The van der Waals surface area contributed by atoms with E-state index < -0.39 is 24.0 Å². The summed E-state index contributed by atoms with van der Waals surface area (Å²) in [6.45, 7) is 0. The van der Waals surface area contributed by atoms with Crippen LogP contribution < -0.4 is 0 Å². The summed E-state index contributed by atoms with van der Waals surface area (Å²) in [5.74, 6) is -1.15. The molecular weight excluding hydrogens is 164 g/mol. The van der Waals surface area contributed by atoms with Crippen molar-refractivity contribution in [2.24, 2.45) is 9.98 Å². The van der Waals surface area contributed by atoms with Crippen molar-refractivity contribution in [1.82, 2.24) is 0 Å². The zero-order valence-electron chi connectivity index (χ0n) is 5.84. The van der Waals surface area contributed by atoms with Gasteiger partial charge in [0, 0.05) is 0 Å². The Hall–Kier alpha value is -1.72. The van der Waals surface area contributed by atoms with E-state index in [1.165, 1.54) is 0 Å². The molecule has 0 aromatic rings. The van der Waals surface area contributed by atoms with Crippen LogP contribution in [-0.2, 0) is 19.1 Å². The molecule has 6 nitrogen and oxygen atoms in total. The number of ether oxygens (including phenoxy) is 2. The third kappa shape index (κ3) is 0.884. The first kappa shape index (κ1) is 6.96. The average molecular weight is 168 g/mol. The summed E-state index contributed by atoms with van der Waals surface area (Å²) in [7, 11) is 0. The molecule has 6 heteroatoms. The van der Waals surface area contributed by atoms with Crippen LogP contribution in [0.1, 0.15) is 0 Å². The second-order valence-corrected chi connectivity index (χ2v) is 2.27. The topological polar surface area (TPSA) is 77.3 Å². The summed E-state index contributed by atoms with van der Waals surface area (Å²) in [5, 5.41) is 0. The maximum absolute atomic E-state index is 10.9. The van der Waals surface area contributed by atoms with E-state index in [0.29, 0.717) is 0 Å². The molecule has 2 aliphatic rings. The van der Waals surface area contributed by atoms with E-state index in [9.17, 15) is 9.59 Å². The zero-order chi connectivity index (χ0) is 8.55. The van der Waals surface area contributed by atoms with Crippen LogP contribution in [0, 0.1) is 0 Å². The van der Waals surface area contributed by atoms with E-state index >= 15 is 0 Å². The molecule has 0 saturated carbocycles. The molecule has 2 heterocycles. The van der Waals surface area contributed by atoms with Crippen LogP contribution in [0.4, 0.5) is 0 Å². The third-order valence-corrected chi connectivity index (χ3v) is 1.56. The molecule has 0 N–H and O–H groups in total. The lowest BCUT2D eigenvalue weighted by Crippen LogP contribution is -2.33. The van der Waals surface area contributed by atoms with Crippen molar-refractivity contribution >= 4 is 24.7 Å². The molecule has 0 aromatic heterocycles. The van der Waals surface area contributed by atoms with Crippen molar-refractivity contribution in [3.8, 4) is 0 Å². The Morgan fingerprint density at radius 3 is 1.67 bits per heavy atom. The van der Waals surface area contributed by atoms with Gasteiger partial charge in [-0.2, -0.15) is 0 Å². The highest BCUT2D eigenvalue weighted by molar-refractivity contribution is 5.97. The van der Waals surface area contributed by atoms with Gasteiger partial charge in [0.1, 0.15) is 0 Å². The standard InChI is InChI=1S/C6H4N2O4/c9-5-3(7-1-11-5)4-6(10)12-2-8-4/h1-4H. The first-order valence-corrected chi connectivity index (χ1v) is 3.23. The fraction of sp³-hybridized carbons (Fsp3) is 0.333. The number of carbonyl (C=O) groups is 2. The van der Waals surface area contributed by atoms with Crippen molar-refractivity contribution in [2.75, 3.05) is 0 Å². The van der Waals surface area contributed by atoms with Gasteiger partial charge in [-0.1, -0.05) is 0 Å². The quantitative estimate of drug-likeness (QED) is 0.465. The summed E-state index contributed by atoms with van der Waals surface area (Å²) in [5.41, 5.74) is 0. The third-order valence-electron chi connectivity index (χ3n) is 1.56. The first-order valence-electron chi connectivity index (χ1n) is 3.23. The van der Waals surface area contributed by atoms with Gasteiger partial charge in [0.05, 0.1) is 0 Å². The van der Waals surface area contributed by atoms with Gasteiger partial charge in [-0.05, 0) is 0 Å². The summed E-state index contributed by atoms with van der Waals surface area (Å²) in [6, 6.07) is -1.73. The number of cyclic esters (lactones) is 2. The van der Waals surface area contributed by atoms with Gasteiger partial charge in [0.25, 0.3) is 0 Å². The zero-order valence-corrected chi connectivity index (χ0v) is 5.84. The smallest absolute Gasteiger partial charge is 0.340 e. The van der Waals surface area contributed by atoms with Crippen molar-refractivity contribution in [3.63, 3.8) is 0 Å². The van der Waals surface area contributed by atoms with Crippen LogP contribution >= 0.6 is 0 Å². The second kappa shape index (κ2) is 2.40. The average Bonchev–Trinajstić information content (AvgIpc) is 2.59. The molecule has 2 rings (SSSR count). The maximum Gasteiger partial charge on any atom is 0.340 e. The van der Waals surface area contributed by atoms with E-state index in [1.807, 2.05) is 0 Å². The molecule has 62 valence electrons. The highest BCUT2D eigenvalue weighted by Crippen LogP contribution is 2.14. The van der Waals surface area contributed by atoms with Crippen molar-refractivity contribution in [3.05, 3.63) is 0 Å². The second-order valence-electron chi connectivity index (χ2n) is 2.27. The van der Waals surface area contributed by atoms with Crippen molar-refractivity contribution < 1.29 is 19.1 Å². The van der Waals surface area contributed by atoms with Crippen LogP contribution in [0.3, 0.4) is 0 Å². The Balaban J connectivity index is 2.18. The van der Waals surface area contributed by atoms with E-state index in [1.54, 1.807) is 0 Å². The van der Waals surface area contributed by atoms with Gasteiger partial charge >= 0.3 is 11.9 Å². The monoisotopic (exact) mass is 168 g/mol. The summed E-state index contributed by atoms with van der Waals surface area (Å²) in [6.07, 6.45) is 2.02. The van der Waals surface area contributed by atoms with Crippen LogP contribution in [0.15, 0.2) is 9.98 Å². The molecule has 0 saturated heterocycles. The number of esters is 2. The van der Waals surface area contributed by atoms with Crippen LogP contribution in [-0.4, -0.2) is 36.8 Å². The number of hydrogen-bond donors (Lipinski definition) is 0. The van der Waals surface area contributed by atoms with E-state index in [0.717, 1.165) is 12.8 Å². The van der Waals surface area contributed by atoms with Gasteiger partial charge < -0.3 is 9.47 Å². The first-order chi connectivity index (χ1) is 5.79. The van der Waals surface area contributed by atoms with E-state index in [-0.39, 0.29) is 0 Å². The minimum atomic E-state index is -0.865. The van der Waals surface area contributed by atoms with E-state index in [4.69, 9.17) is 0 Å². The normalized spacial score (nSPS) is 32.3. The van der Waals surface area contributed by atoms with Gasteiger partial charge in [-0.3, -0.25) is 0 Å². The number of hydrogen-bond acceptors (Lipinski definition) is 6.